The second-order valence-corrected chi connectivity index (χ2v) is 6.74. The van der Waals surface area contributed by atoms with Crippen molar-refractivity contribution in [2.75, 3.05) is 12.3 Å². The molecule has 19 heavy (non-hydrogen) atoms. The number of hydrogen-bond donors (Lipinski definition) is 3. The molecule has 0 aliphatic rings. The van der Waals surface area contributed by atoms with Crippen molar-refractivity contribution in [3.05, 3.63) is 23.5 Å². The second-order valence-electron chi connectivity index (χ2n) is 5.09. The summed E-state index contributed by atoms with van der Waals surface area (Å²) >= 11 is 0. The van der Waals surface area contributed by atoms with E-state index in [0.717, 1.165) is 6.07 Å². The third-order valence-corrected chi connectivity index (χ3v) is 4.58. The first-order valence-corrected chi connectivity index (χ1v) is 7.28. The molecule has 0 radical (unpaired) electrons. The molecule has 5 nitrogen and oxygen atoms in total. The van der Waals surface area contributed by atoms with E-state index in [1.165, 1.54) is 13.0 Å². The lowest BCUT2D eigenvalue weighted by atomic mass is 10.0. The number of sulfonamides is 1. The molecule has 108 valence electrons. The fraction of sp³-hybridized carbons (Fsp3) is 0.500. The van der Waals surface area contributed by atoms with Gasteiger partial charge in [-0.1, -0.05) is 0 Å². The van der Waals surface area contributed by atoms with E-state index in [0.29, 0.717) is 0 Å². The lowest BCUT2D eigenvalue weighted by Crippen LogP contribution is -2.44. The summed E-state index contributed by atoms with van der Waals surface area (Å²) in [6, 6.07) is 2.29. The van der Waals surface area contributed by atoms with Crippen LogP contribution in [0.4, 0.5) is 10.1 Å². The smallest absolute Gasteiger partial charge is 0.241 e. The number of benzene rings is 1. The standard InChI is InChI=1S/C12H19FN2O3S/c1-8-10(13)6-9(14)7-11(8)19(17,18)15-12(2,3)4-5-16/h6-7,15-16H,4-5,14H2,1-3H3. The number of nitrogen functional groups attached to an aromatic ring is 1. The Morgan fingerprint density at radius 3 is 2.53 bits per heavy atom. The van der Waals surface area contributed by atoms with Crippen molar-refractivity contribution in [2.45, 2.75) is 37.6 Å². The van der Waals surface area contributed by atoms with Gasteiger partial charge in [-0.2, -0.15) is 0 Å². The fourth-order valence-corrected chi connectivity index (χ4v) is 3.43. The van der Waals surface area contributed by atoms with Gasteiger partial charge in [-0.25, -0.2) is 17.5 Å². The van der Waals surface area contributed by atoms with Crippen LogP contribution in [0.5, 0.6) is 0 Å². The van der Waals surface area contributed by atoms with E-state index in [4.69, 9.17) is 10.8 Å². The van der Waals surface area contributed by atoms with Crippen LogP contribution in [0.1, 0.15) is 25.8 Å². The van der Waals surface area contributed by atoms with Crippen LogP contribution in [0.2, 0.25) is 0 Å². The van der Waals surface area contributed by atoms with E-state index in [1.54, 1.807) is 13.8 Å². The first-order valence-electron chi connectivity index (χ1n) is 5.79. The molecule has 4 N–H and O–H groups in total. The van der Waals surface area contributed by atoms with Crippen LogP contribution >= 0.6 is 0 Å². The van der Waals surface area contributed by atoms with Gasteiger partial charge in [0.15, 0.2) is 0 Å². The molecule has 0 unspecified atom stereocenters. The largest absolute Gasteiger partial charge is 0.399 e. The van der Waals surface area contributed by atoms with Crippen LogP contribution in [-0.4, -0.2) is 25.7 Å². The highest BCUT2D eigenvalue weighted by molar-refractivity contribution is 7.89. The third kappa shape index (κ3) is 3.89. The molecule has 0 saturated carbocycles. The van der Waals surface area contributed by atoms with Gasteiger partial charge in [-0.05, 0) is 39.3 Å². The maximum Gasteiger partial charge on any atom is 0.241 e. The van der Waals surface area contributed by atoms with E-state index >= 15 is 0 Å². The maximum atomic E-state index is 13.5. The van der Waals surface area contributed by atoms with Crippen molar-refractivity contribution in [2.24, 2.45) is 0 Å². The Bertz CT molecular complexity index is 571. The van der Waals surface area contributed by atoms with E-state index in [-0.39, 0.29) is 29.2 Å². The molecule has 0 spiro atoms. The summed E-state index contributed by atoms with van der Waals surface area (Å²) in [5, 5.41) is 8.90. The Morgan fingerprint density at radius 1 is 1.42 bits per heavy atom. The maximum absolute atomic E-state index is 13.5. The van der Waals surface area contributed by atoms with Crippen LogP contribution in [0.25, 0.3) is 0 Å². The van der Waals surface area contributed by atoms with Gasteiger partial charge in [0.05, 0.1) is 4.90 Å². The van der Waals surface area contributed by atoms with Crippen molar-refractivity contribution in [3.63, 3.8) is 0 Å². The number of aliphatic hydroxyl groups is 1. The minimum absolute atomic E-state index is 0.0153. The topological polar surface area (TPSA) is 92.4 Å². The zero-order chi connectivity index (χ0) is 14.8. The number of nitrogens with one attached hydrogen (secondary N) is 1. The quantitative estimate of drug-likeness (QED) is 0.709. The highest BCUT2D eigenvalue weighted by atomic mass is 32.2. The van der Waals surface area contributed by atoms with Gasteiger partial charge < -0.3 is 10.8 Å². The van der Waals surface area contributed by atoms with Crippen molar-refractivity contribution >= 4 is 15.7 Å². The number of nitrogens with two attached hydrogens (primary N) is 1. The number of halogens is 1. The normalized spacial score (nSPS) is 12.7. The van der Waals surface area contributed by atoms with Crippen LogP contribution in [0.3, 0.4) is 0 Å². The van der Waals surface area contributed by atoms with Crippen LogP contribution in [-0.2, 0) is 10.0 Å². The number of aliphatic hydroxyl groups excluding tert-OH is 1. The van der Waals surface area contributed by atoms with E-state index in [1.807, 2.05) is 0 Å². The predicted octanol–water partition coefficient (Wildman–Crippen LogP) is 1.16. The Labute approximate surface area is 112 Å². The SMILES string of the molecule is Cc1c(F)cc(N)cc1S(=O)(=O)NC(C)(C)CCO. The molecule has 0 saturated heterocycles. The molecule has 1 aromatic rings. The monoisotopic (exact) mass is 290 g/mol. The highest BCUT2D eigenvalue weighted by Gasteiger charge is 2.27. The average molecular weight is 290 g/mol. The van der Waals surface area contributed by atoms with Gasteiger partial charge in [0, 0.05) is 23.4 Å². The number of rotatable bonds is 5. The summed E-state index contributed by atoms with van der Waals surface area (Å²) < 4.78 is 40.4. The van der Waals surface area contributed by atoms with E-state index < -0.39 is 21.4 Å². The summed E-state index contributed by atoms with van der Waals surface area (Å²) in [6.45, 7) is 4.50. The van der Waals surface area contributed by atoms with Gasteiger partial charge >= 0.3 is 0 Å². The summed E-state index contributed by atoms with van der Waals surface area (Å²) in [7, 11) is -3.90. The first kappa shape index (κ1) is 15.9. The van der Waals surface area contributed by atoms with E-state index in [2.05, 4.69) is 4.72 Å². The number of hydrogen-bond acceptors (Lipinski definition) is 4. The molecule has 7 heteroatoms. The van der Waals surface area contributed by atoms with Crippen molar-refractivity contribution in [3.8, 4) is 0 Å². The summed E-state index contributed by atoms with van der Waals surface area (Å²) in [5.74, 6) is -0.666. The van der Waals surface area contributed by atoms with Crippen molar-refractivity contribution < 1.29 is 17.9 Å². The predicted molar refractivity (Wildman–Crippen MR) is 71.7 cm³/mol. The molecule has 0 fully saturated rings. The molecular weight excluding hydrogens is 271 g/mol. The third-order valence-electron chi connectivity index (χ3n) is 2.76. The highest BCUT2D eigenvalue weighted by Crippen LogP contribution is 2.23. The molecule has 0 amide bonds. The van der Waals surface area contributed by atoms with E-state index in [9.17, 15) is 12.8 Å². The van der Waals surface area contributed by atoms with Crippen LogP contribution in [0.15, 0.2) is 17.0 Å². The van der Waals surface area contributed by atoms with Crippen molar-refractivity contribution in [1.82, 2.24) is 4.72 Å². The molecule has 0 atom stereocenters. The second kappa shape index (κ2) is 5.44. The van der Waals surface area contributed by atoms with Gasteiger partial charge in [0.25, 0.3) is 0 Å². The average Bonchev–Trinajstić information content (AvgIpc) is 2.21. The zero-order valence-electron chi connectivity index (χ0n) is 11.2. The Balaban J connectivity index is 3.22. The van der Waals surface area contributed by atoms with Crippen LogP contribution in [0, 0.1) is 12.7 Å². The molecule has 1 aromatic carbocycles. The molecule has 0 aromatic heterocycles. The van der Waals surface area contributed by atoms with Gasteiger partial charge in [-0.15, -0.1) is 0 Å². The molecule has 0 aliphatic carbocycles. The zero-order valence-corrected chi connectivity index (χ0v) is 12.0. The molecular formula is C12H19FN2O3S. The Hall–Kier alpha value is -1.18. The molecule has 0 aliphatic heterocycles. The van der Waals surface area contributed by atoms with Gasteiger partial charge in [0.2, 0.25) is 10.0 Å². The van der Waals surface area contributed by atoms with Gasteiger partial charge in [0.1, 0.15) is 5.82 Å². The minimum atomic E-state index is -3.90. The van der Waals surface area contributed by atoms with Crippen LogP contribution < -0.4 is 10.5 Å². The fourth-order valence-electron chi connectivity index (χ4n) is 1.70. The minimum Gasteiger partial charge on any atom is -0.399 e. The van der Waals surface area contributed by atoms with Gasteiger partial charge in [-0.3, -0.25) is 0 Å². The summed E-state index contributed by atoms with van der Waals surface area (Å²) in [5.41, 5.74) is 4.70. The first-order chi connectivity index (χ1) is 8.59. The molecule has 0 heterocycles. The molecule has 0 bridgehead atoms. The molecule has 1 rings (SSSR count). The van der Waals surface area contributed by atoms with Crippen molar-refractivity contribution in [1.29, 1.82) is 0 Å². The lowest BCUT2D eigenvalue weighted by Gasteiger charge is -2.25. The Morgan fingerprint density at radius 2 is 2.00 bits per heavy atom. The summed E-state index contributed by atoms with van der Waals surface area (Å²) in [4.78, 5) is -0.184. The number of anilines is 1. The Kier molecular flexibility index (Phi) is 4.54. The summed E-state index contributed by atoms with van der Waals surface area (Å²) in [6.07, 6.45) is 0.246. The lowest BCUT2D eigenvalue weighted by molar-refractivity contribution is 0.245.